The summed E-state index contributed by atoms with van der Waals surface area (Å²) in [6.07, 6.45) is 5.50. The summed E-state index contributed by atoms with van der Waals surface area (Å²) in [5.41, 5.74) is 0. The first-order valence-corrected chi connectivity index (χ1v) is 6.76. The van der Waals surface area contributed by atoms with Crippen molar-refractivity contribution >= 4 is 11.9 Å². The Labute approximate surface area is 108 Å². The lowest BCUT2D eigenvalue weighted by atomic mass is 10.0. The van der Waals surface area contributed by atoms with Crippen LogP contribution in [0.2, 0.25) is 0 Å². The number of hydrogen-bond acceptors (Lipinski definition) is 3. The van der Waals surface area contributed by atoms with E-state index in [-0.39, 0.29) is 24.3 Å². The molecule has 0 radical (unpaired) electrons. The molecule has 0 bridgehead atoms. The van der Waals surface area contributed by atoms with Crippen molar-refractivity contribution in [1.82, 2.24) is 5.32 Å². The number of carbonyl (C=O) groups excluding carboxylic acids is 1. The highest BCUT2D eigenvalue weighted by Crippen LogP contribution is 2.31. The Kier molecular flexibility index (Phi) is 6.72. The van der Waals surface area contributed by atoms with Crippen LogP contribution in [-0.2, 0) is 9.59 Å². The smallest absolute Gasteiger partial charge is 0.306 e. The number of hydrogen-bond donors (Lipinski definition) is 3. The van der Waals surface area contributed by atoms with E-state index in [9.17, 15) is 9.59 Å². The van der Waals surface area contributed by atoms with Crippen molar-refractivity contribution in [3.63, 3.8) is 0 Å². The molecular formula is C13H23NO4. The van der Waals surface area contributed by atoms with Crippen LogP contribution in [0.5, 0.6) is 0 Å². The summed E-state index contributed by atoms with van der Waals surface area (Å²) in [7, 11) is 0. The first-order valence-electron chi connectivity index (χ1n) is 6.76. The maximum Gasteiger partial charge on any atom is 0.306 e. The van der Waals surface area contributed by atoms with Crippen molar-refractivity contribution in [3.05, 3.63) is 0 Å². The quantitative estimate of drug-likeness (QED) is 0.569. The SMILES string of the molecule is O=C(O)[C@H]1CC[C@@H](C(=O)NCCCCCCO)C1. The predicted molar refractivity (Wildman–Crippen MR) is 67.0 cm³/mol. The average Bonchev–Trinajstić information content (AvgIpc) is 2.83. The third-order valence-electron chi connectivity index (χ3n) is 3.54. The molecule has 5 nitrogen and oxygen atoms in total. The fourth-order valence-electron chi connectivity index (χ4n) is 2.39. The van der Waals surface area contributed by atoms with E-state index in [0.29, 0.717) is 25.8 Å². The lowest BCUT2D eigenvalue weighted by Gasteiger charge is -2.10. The fraction of sp³-hybridized carbons (Fsp3) is 0.846. The maximum atomic E-state index is 11.8. The molecule has 18 heavy (non-hydrogen) atoms. The standard InChI is InChI=1S/C13H23NO4/c15-8-4-2-1-3-7-14-12(16)10-5-6-11(9-10)13(17)18/h10-11,15H,1-9H2,(H,14,16)(H,17,18)/t10-,11+/m1/s1. The largest absolute Gasteiger partial charge is 0.481 e. The summed E-state index contributed by atoms with van der Waals surface area (Å²) in [6, 6.07) is 0. The number of aliphatic hydroxyl groups is 1. The summed E-state index contributed by atoms with van der Waals surface area (Å²) in [5.74, 6) is -1.25. The third-order valence-corrected chi connectivity index (χ3v) is 3.54. The average molecular weight is 257 g/mol. The molecule has 0 aliphatic heterocycles. The highest BCUT2D eigenvalue weighted by atomic mass is 16.4. The van der Waals surface area contributed by atoms with Gasteiger partial charge in [-0.2, -0.15) is 0 Å². The van der Waals surface area contributed by atoms with Gasteiger partial charge in [-0.1, -0.05) is 12.8 Å². The van der Waals surface area contributed by atoms with Crippen LogP contribution in [0.3, 0.4) is 0 Å². The number of unbranched alkanes of at least 4 members (excludes halogenated alkanes) is 3. The van der Waals surface area contributed by atoms with Crippen molar-refractivity contribution in [2.75, 3.05) is 13.2 Å². The molecule has 1 saturated carbocycles. The molecule has 1 aliphatic rings. The molecule has 3 N–H and O–H groups in total. The summed E-state index contributed by atoms with van der Waals surface area (Å²) >= 11 is 0. The number of nitrogens with one attached hydrogen (secondary N) is 1. The summed E-state index contributed by atoms with van der Waals surface area (Å²) in [6.45, 7) is 0.878. The Bertz CT molecular complexity index is 280. The second kappa shape index (κ2) is 8.08. The van der Waals surface area contributed by atoms with Gasteiger partial charge < -0.3 is 15.5 Å². The van der Waals surface area contributed by atoms with Gasteiger partial charge in [-0.05, 0) is 32.1 Å². The van der Waals surface area contributed by atoms with Crippen LogP contribution in [0.15, 0.2) is 0 Å². The van der Waals surface area contributed by atoms with E-state index < -0.39 is 5.97 Å². The van der Waals surface area contributed by atoms with Crippen molar-refractivity contribution < 1.29 is 19.8 Å². The maximum absolute atomic E-state index is 11.8. The zero-order valence-electron chi connectivity index (χ0n) is 10.7. The molecule has 0 saturated heterocycles. The molecule has 0 heterocycles. The van der Waals surface area contributed by atoms with Crippen molar-refractivity contribution in [3.8, 4) is 0 Å². The normalized spacial score (nSPS) is 22.9. The molecule has 0 spiro atoms. The molecular weight excluding hydrogens is 234 g/mol. The van der Waals surface area contributed by atoms with Gasteiger partial charge in [0.25, 0.3) is 0 Å². The third kappa shape index (κ3) is 5.04. The van der Waals surface area contributed by atoms with Crippen molar-refractivity contribution in [2.45, 2.75) is 44.9 Å². The van der Waals surface area contributed by atoms with E-state index in [1.807, 2.05) is 0 Å². The van der Waals surface area contributed by atoms with Crippen LogP contribution in [0.25, 0.3) is 0 Å². The lowest BCUT2D eigenvalue weighted by molar-refractivity contribution is -0.141. The number of carboxylic acids is 1. The predicted octanol–water partition coefficient (Wildman–Crippen LogP) is 1.16. The number of aliphatic hydroxyl groups excluding tert-OH is 1. The van der Waals surface area contributed by atoms with Crippen LogP contribution in [0.4, 0.5) is 0 Å². The molecule has 1 fully saturated rings. The minimum atomic E-state index is -0.783. The van der Waals surface area contributed by atoms with Gasteiger partial charge in [-0.3, -0.25) is 9.59 Å². The lowest BCUT2D eigenvalue weighted by Crippen LogP contribution is -2.30. The second-order valence-corrected chi connectivity index (χ2v) is 4.97. The number of aliphatic carboxylic acids is 1. The molecule has 0 unspecified atom stereocenters. The van der Waals surface area contributed by atoms with Crippen molar-refractivity contribution in [1.29, 1.82) is 0 Å². The van der Waals surface area contributed by atoms with Gasteiger partial charge in [0, 0.05) is 19.1 Å². The van der Waals surface area contributed by atoms with E-state index in [1.165, 1.54) is 0 Å². The van der Waals surface area contributed by atoms with E-state index >= 15 is 0 Å². The van der Waals surface area contributed by atoms with Gasteiger partial charge in [0.2, 0.25) is 5.91 Å². The van der Waals surface area contributed by atoms with Crippen LogP contribution < -0.4 is 5.32 Å². The van der Waals surface area contributed by atoms with E-state index in [4.69, 9.17) is 10.2 Å². The summed E-state index contributed by atoms with van der Waals surface area (Å²) in [5, 5.41) is 20.3. The zero-order chi connectivity index (χ0) is 13.4. The Morgan fingerprint density at radius 2 is 1.72 bits per heavy atom. The topological polar surface area (TPSA) is 86.6 Å². The van der Waals surface area contributed by atoms with Gasteiger partial charge in [0.05, 0.1) is 5.92 Å². The number of carboxylic acid groups (broad SMARTS) is 1. The first-order chi connectivity index (χ1) is 8.65. The van der Waals surface area contributed by atoms with Gasteiger partial charge in [-0.15, -0.1) is 0 Å². The number of carbonyl (C=O) groups is 2. The first kappa shape index (κ1) is 15.0. The molecule has 1 amide bonds. The van der Waals surface area contributed by atoms with Crippen molar-refractivity contribution in [2.24, 2.45) is 11.8 Å². The van der Waals surface area contributed by atoms with Crippen LogP contribution in [0, 0.1) is 11.8 Å². The zero-order valence-corrected chi connectivity index (χ0v) is 10.7. The molecule has 5 heteroatoms. The molecule has 1 rings (SSSR count). The van der Waals surface area contributed by atoms with Gasteiger partial charge in [0.1, 0.15) is 0 Å². The molecule has 2 atom stereocenters. The molecule has 104 valence electrons. The summed E-state index contributed by atoms with van der Waals surface area (Å²) in [4.78, 5) is 22.5. The molecule has 0 aromatic heterocycles. The second-order valence-electron chi connectivity index (χ2n) is 4.97. The number of amides is 1. The number of rotatable bonds is 8. The Balaban J connectivity index is 2.09. The van der Waals surface area contributed by atoms with E-state index in [1.54, 1.807) is 0 Å². The molecule has 1 aliphatic carbocycles. The monoisotopic (exact) mass is 257 g/mol. The van der Waals surface area contributed by atoms with E-state index in [0.717, 1.165) is 25.7 Å². The van der Waals surface area contributed by atoms with Gasteiger partial charge >= 0.3 is 5.97 Å². The van der Waals surface area contributed by atoms with Gasteiger partial charge in [-0.25, -0.2) is 0 Å². The Morgan fingerprint density at radius 3 is 2.33 bits per heavy atom. The molecule has 0 aromatic carbocycles. The Hall–Kier alpha value is -1.10. The van der Waals surface area contributed by atoms with Crippen LogP contribution in [0.1, 0.15) is 44.9 Å². The van der Waals surface area contributed by atoms with Crippen LogP contribution >= 0.6 is 0 Å². The van der Waals surface area contributed by atoms with Gasteiger partial charge in [0.15, 0.2) is 0 Å². The van der Waals surface area contributed by atoms with E-state index in [2.05, 4.69) is 5.32 Å². The highest BCUT2D eigenvalue weighted by Gasteiger charge is 2.33. The fourth-order valence-corrected chi connectivity index (χ4v) is 2.39. The summed E-state index contributed by atoms with van der Waals surface area (Å²) < 4.78 is 0. The minimum absolute atomic E-state index is 0.000841. The minimum Gasteiger partial charge on any atom is -0.481 e. The van der Waals surface area contributed by atoms with Crippen LogP contribution in [-0.4, -0.2) is 35.2 Å². The Morgan fingerprint density at radius 1 is 1.06 bits per heavy atom. The highest BCUT2D eigenvalue weighted by molar-refractivity contribution is 5.80. The molecule has 0 aromatic rings.